The third-order valence-corrected chi connectivity index (χ3v) is 12.1. The molecule has 10 nitrogen and oxygen atoms in total. The zero-order valence-corrected chi connectivity index (χ0v) is 28.1. The van der Waals surface area contributed by atoms with E-state index in [9.17, 15) is 18.0 Å². The number of carbonyl (C=O) groups is 2. The number of fused-ring (bicyclic) bond motifs is 7. The zero-order chi connectivity index (χ0) is 32.4. The summed E-state index contributed by atoms with van der Waals surface area (Å²) in [6.45, 7) is 5.10. The van der Waals surface area contributed by atoms with E-state index in [4.69, 9.17) is 4.74 Å². The molecule has 2 amide bonds. The van der Waals surface area contributed by atoms with Gasteiger partial charge in [0.25, 0.3) is 5.91 Å². The first-order valence-electron chi connectivity index (χ1n) is 16.7. The van der Waals surface area contributed by atoms with Crippen molar-refractivity contribution in [3.63, 3.8) is 0 Å². The summed E-state index contributed by atoms with van der Waals surface area (Å²) in [5.41, 5.74) is 5.22. The lowest BCUT2D eigenvalue weighted by atomic mass is 9.81. The lowest BCUT2D eigenvalue weighted by Gasteiger charge is -2.41. The summed E-state index contributed by atoms with van der Waals surface area (Å²) < 4.78 is 36.7. The number of nitrogens with zero attached hydrogens (tertiary/aromatic N) is 3. The maximum atomic E-state index is 14.9. The largest absolute Gasteiger partial charge is 0.497 e. The van der Waals surface area contributed by atoms with E-state index >= 15 is 0 Å². The van der Waals surface area contributed by atoms with Gasteiger partial charge in [0.15, 0.2) is 0 Å². The molecule has 0 spiro atoms. The van der Waals surface area contributed by atoms with E-state index in [0.717, 1.165) is 72.2 Å². The van der Waals surface area contributed by atoms with Gasteiger partial charge in [-0.1, -0.05) is 32.3 Å². The Kier molecular flexibility index (Phi) is 7.92. The van der Waals surface area contributed by atoms with Crippen molar-refractivity contribution in [1.29, 1.82) is 0 Å². The van der Waals surface area contributed by atoms with Crippen LogP contribution in [0.15, 0.2) is 36.4 Å². The number of carbonyl (C=O) groups excluding carboxylic acids is 2. The van der Waals surface area contributed by atoms with E-state index in [1.807, 2.05) is 18.2 Å². The van der Waals surface area contributed by atoms with Gasteiger partial charge in [-0.15, -0.1) is 0 Å². The molecule has 246 valence electrons. The minimum atomic E-state index is -3.97. The number of ether oxygens (including phenoxy) is 1. The van der Waals surface area contributed by atoms with Crippen LogP contribution in [0.4, 0.5) is 0 Å². The molecule has 3 fully saturated rings. The highest BCUT2D eigenvalue weighted by Crippen LogP contribution is 2.66. The maximum absolute atomic E-state index is 14.9. The van der Waals surface area contributed by atoms with Crippen molar-refractivity contribution >= 4 is 32.9 Å². The number of amides is 2. The Morgan fingerprint density at radius 2 is 1.85 bits per heavy atom. The average Bonchev–Trinajstić information content (AvgIpc) is 3.74. The van der Waals surface area contributed by atoms with Gasteiger partial charge in [-0.2, -0.15) is 8.42 Å². The molecule has 3 atom stereocenters. The average molecular weight is 648 g/mol. The van der Waals surface area contributed by atoms with Crippen LogP contribution in [0.25, 0.3) is 22.2 Å². The number of methoxy groups -OCH3 is 1. The molecule has 3 heterocycles. The summed E-state index contributed by atoms with van der Waals surface area (Å²) in [5.74, 6) is 0.724. The van der Waals surface area contributed by atoms with Crippen LogP contribution < -0.4 is 14.2 Å². The van der Waals surface area contributed by atoms with Crippen LogP contribution in [0.3, 0.4) is 0 Å². The minimum absolute atomic E-state index is 0.0590. The SMILES string of the molecule is CC[C@H]1CN(C)CCN1C(=O)C12CC1c1cc(OC)ccc1-c1c(C3CCCCC3)c3ccc(C(=O)NS(=O)(=O)NC)cc3n1C2. The Hall–Kier alpha value is -3.41. The van der Waals surface area contributed by atoms with Crippen molar-refractivity contribution in [2.45, 2.75) is 76.3 Å². The van der Waals surface area contributed by atoms with Gasteiger partial charge >= 0.3 is 10.2 Å². The molecule has 2 aliphatic heterocycles. The van der Waals surface area contributed by atoms with E-state index in [2.05, 4.69) is 49.9 Å². The standard InChI is InChI=1S/C35H45N5O5S/c1-5-24-20-38(3)15-16-39(24)34(42)35-19-29(35)28-18-25(45-4)12-14-26(28)32-31(22-9-7-6-8-10-22)27-13-11-23(17-30(27)40(32)21-35)33(41)37-46(43,44)36-2/h11-14,17-18,22,24,29,36H,5-10,15-16,19-21H2,1-4H3,(H,37,41)/t24-,29?,35?/m0/s1. The second kappa shape index (κ2) is 11.7. The fraction of sp³-hybridized carbons (Fsp3) is 0.543. The number of piperazine rings is 1. The molecule has 3 aromatic rings. The van der Waals surface area contributed by atoms with E-state index in [0.29, 0.717) is 19.0 Å². The molecular weight excluding hydrogens is 602 g/mol. The lowest BCUT2D eigenvalue weighted by Crippen LogP contribution is -2.56. The summed E-state index contributed by atoms with van der Waals surface area (Å²) in [4.78, 5) is 32.5. The second-order valence-corrected chi connectivity index (χ2v) is 15.4. The third kappa shape index (κ3) is 5.11. The van der Waals surface area contributed by atoms with Gasteiger partial charge in [-0.3, -0.25) is 9.59 Å². The number of benzene rings is 2. The smallest absolute Gasteiger partial charge is 0.301 e. The van der Waals surface area contributed by atoms with Gasteiger partial charge in [-0.25, -0.2) is 9.44 Å². The van der Waals surface area contributed by atoms with Crippen LogP contribution >= 0.6 is 0 Å². The number of hydrogen-bond donors (Lipinski definition) is 2. The van der Waals surface area contributed by atoms with Crippen molar-refractivity contribution in [2.75, 3.05) is 40.8 Å². The number of hydrogen-bond acceptors (Lipinski definition) is 6. The summed E-state index contributed by atoms with van der Waals surface area (Å²) >= 11 is 0. The lowest BCUT2D eigenvalue weighted by molar-refractivity contribution is -0.142. The highest BCUT2D eigenvalue weighted by molar-refractivity contribution is 7.88. The van der Waals surface area contributed by atoms with Gasteiger partial charge in [-0.05, 0) is 80.1 Å². The van der Waals surface area contributed by atoms with Crippen LogP contribution in [-0.2, 0) is 21.5 Å². The molecule has 0 radical (unpaired) electrons. The summed E-state index contributed by atoms with van der Waals surface area (Å²) in [5, 5.41) is 1.07. The Morgan fingerprint density at radius 3 is 2.57 bits per heavy atom. The molecule has 2 unspecified atom stereocenters. The molecule has 2 N–H and O–H groups in total. The molecule has 1 saturated heterocycles. The van der Waals surface area contributed by atoms with E-state index in [-0.39, 0.29) is 23.4 Å². The quantitative estimate of drug-likeness (QED) is 0.388. The molecule has 2 saturated carbocycles. The summed E-state index contributed by atoms with van der Waals surface area (Å²) in [7, 11) is 1.10. The van der Waals surface area contributed by atoms with Crippen LogP contribution in [0.2, 0.25) is 0 Å². The Morgan fingerprint density at radius 1 is 1.07 bits per heavy atom. The van der Waals surface area contributed by atoms with Crippen LogP contribution in [0, 0.1) is 5.41 Å². The maximum Gasteiger partial charge on any atom is 0.301 e. The molecule has 46 heavy (non-hydrogen) atoms. The number of likely N-dealkylation sites (N-methyl/N-ethyl adjacent to an activating group) is 1. The van der Waals surface area contributed by atoms with Gasteiger partial charge < -0.3 is 19.1 Å². The van der Waals surface area contributed by atoms with Crippen molar-refractivity contribution in [3.05, 3.63) is 53.1 Å². The molecule has 2 aromatic carbocycles. The first kappa shape index (κ1) is 31.2. The molecule has 11 heteroatoms. The molecule has 2 aliphatic carbocycles. The van der Waals surface area contributed by atoms with Crippen LogP contribution in [0.5, 0.6) is 5.75 Å². The van der Waals surface area contributed by atoms with Crippen molar-refractivity contribution in [2.24, 2.45) is 5.41 Å². The summed E-state index contributed by atoms with van der Waals surface area (Å²) in [6.07, 6.45) is 7.40. The van der Waals surface area contributed by atoms with Gasteiger partial charge in [0.05, 0.1) is 18.2 Å². The minimum Gasteiger partial charge on any atom is -0.497 e. The fourth-order valence-corrected chi connectivity index (χ4v) is 9.03. The van der Waals surface area contributed by atoms with Crippen LogP contribution in [-0.4, -0.2) is 81.5 Å². The van der Waals surface area contributed by atoms with Crippen molar-refractivity contribution in [3.8, 4) is 17.0 Å². The van der Waals surface area contributed by atoms with E-state index in [1.54, 1.807) is 13.2 Å². The normalized spacial score (nSPS) is 24.9. The molecule has 7 rings (SSSR count). The monoisotopic (exact) mass is 647 g/mol. The number of rotatable bonds is 7. The predicted octanol–water partition coefficient (Wildman–Crippen LogP) is 4.60. The highest BCUT2D eigenvalue weighted by atomic mass is 32.2. The zero-order valence-electron chi connectivity index (χ0n) is 27.3. The molecule has 0 bridgehead atoms. The highest BCUT2D eigenvalue weighted by Gasteiger charge is 2.64. The number of aromatic nitrogens is 1. The van der Waals surface area contributed by atoms with Gasteiger partial charge in [0.1, 0.15) is 5.75 Å². The fourth-order valence-electron chi connectivity index (χ4n) is 8.57. The van der Waals surface area contributed by atoms with Crippen molar-refractivity contribution in [1.82, 2.24) is 23.8 Å². The third-order valence-electron chi connectivity index (χ3n) is 11.1. The first-order chi connectivity index (χ1) is 22.1. The van der Waals surface area contributed by atoms with Gasteiger partial charge in [0.2, 0.25) is 5.91 Å². The Balaban J connectivity index is 1.44. The summed E-state index contributed by atoms with van der Waals surface area (Å²) in [6, 6.07) is 12.0. The Bertz CT molecular complexity index is 1810. The topological polar surface area (TPSA) is 113 Å². The molecule has 4 aliphatic rings. The predicted molar refractivity (Wildman–Crippen MR) is 178 cm³/mol. The van der Waals surface area contributed by atoms with Gasteiger partial charge in [0, 0.05) is 67.2 Å². The molecular formula is C35H45N5O5S. The van der Waals surface area contributed by atoms with Crippen LogP contribution in [0.1, 0.15) is 85.2 Å². The first-order valence-corrected chi connectivity index (χ1v) is 18.2. The Labute approximate surface area is 271 Å². The number of nitrogens with one attached hydrogen (secondary N) is 2. The van der Waals surface area contributed by atoms with Crippen molar-refractivity contribution < 1.29 is 22.7 Å². The van der Waals surface area contributed by atoms with E-state index in [1.165, 1.54) is 31.9 Å². The molecule has 1 aromatic heterocycles. The second-order valence-electron chi connectivity index (χ2n) is 13.7. The van der Waals surface area contributed by atoms with E-state index < -0.39 is 21.5 Å².